The molecular weight excluding hydrogens is 184 g/mol. The van der Waals surface area contributed by atoms with Crippen LogP contribution in [0.1, 0.15) is 0 Å². The largest absolute Gasteiger partial charge is 0.230 e. The lowest BCUT2D eigenvalue weighted by Crippen LogP contribution is -1.95. The molecule has 0 fully saturated rings. The van der Waals surface area contributed by atoms with Gasteiger partial charge in [-0.3, -0.25) is 0 Å². The molecule has 0 bridgehead atoms. The van der Waals surface area contributed by atoms with Crippen LogP contribution in [0.3, 0.4) is 0 Å². The Morgan fingerprint density at radius 1 is 1.00 bits per heavy atom. The van der Waals surface area contributed by atoms with E-state index in [4.69, 9.17) is 0 Å². The highest BCUT2D eigenvalue weighted by Gasteiger charge is 2.01. The molecule has 0 aliphatic carbocycles. The molecule has 0 amide bonds. The molecule has 0 unspecified atom stereocenters. The number of nitrogens with zero attached hydrogens (tertiary/aromatic N) is 2. The van der Waals surface area contributed by atoms with Crippen molar-refractivity contribution in [2.24, 2.45) is 0 Å². The first-order valence-corrected chi connectivity index (χ1v) is 4.77. The van der Waals surface area contributed by atoms with E-state index in [9.17, 15) is 0 Å². The fourth-order valence-electron chi connectivity index (χ4n) is 1.72. The molecule has 3 aromatic rings. The van der Waals surface area contributed by atoms with Crippen molar-refractivity contribution in [3.8, 4) is 5.69 Å². The van der Waals surface area contributed by atoms with E-state index < -0.39 is 0 Å². The molecule has 15 heavy (non-hydrogen) atoms. The van der Waals surface area contributed by atoms with Gasteiger partial charge in [-0.2, -0.15) is 5.10 Å². The van der Waals surface area contributed by atoms with E-state index in [1.54, 1.807) is 10.9 Å². The van der Waals surface area contributed by atoms with Crippen molar-refractivity contribution < 1.29 is 0 Å². The molecule has 3 rings (SSSR count). The molecule has 0 atom stereocenters. The lowest BCUT2D eigenvalue weighted by atomic mass is 10.1. The smallest absolute Gasteiger partial charge is 0.101 e. The highest BCUT2D eigenvalue weighted by molar-refractivity contribution is 5.89. The molecule has 0 N–H and O–H groups in total. The van der Waals surface area contributed by atoms with Gasteiger partial charge in [-0.15, -0.1) is 0 Å². The predicted molar refractivity (Wildman–Crippen MR) is 58.7 cm³/mol. The summed E-state index contributed by atoms with van der Waals surface area (Å²) in [5.74, 6) is 0. The van der Waals surface area contributed by atoms with Gasteiger partial charge in [0.25, 0.3) is 0 Å². The second-order valence-electron chi connectivity index (χ2n) is 3.31. The summed E-state index contributed by atoms with van der Waals surface area (Å²) >= 11 is 0. The zero-order chi connectivity index (χ0) is 10.1. The van der Waals surface area contributed by atoms with Gasteiger partial charge in [-0.25, -0.2) is 4.68 Å². The first kappa shape index (κ1) is 8.24. The summed E-state index contributed by atoms with van der Waals surface area (Å²) in [6.07, 6.45) is 4.54. The maximum atomic E-state index is 4.14. The van der Waals surface area contributed by atoms with Crippen molar-refractivity contribution in [3.05, 3.63) is 60.9 Å². The molecule has 2 heteroatoms. The first-order valence-electron chi connectivity index (χ1n) is 4.77. The minimum atomic E-state index is 1.04. The van der Waals surface area contributed by atoms with Crippen molar-refractivity contribution >= 4 is 10.8 Å². The minimum Gasteiger partial charge on any atom is -0.230 e. The van der Waals surface area contributed by atoms with Crippen LogP contribution in [0.25, 0.3) is 16.5 Å². The maximum absolute atomic E-state index is 4.14. The topological polar surface area (TPSA) is 17.8 Å². The Hall–Kier alpha value is -2.09. The summed E-state index contributed by atoms with van der Waals surface area (Å²) in [5, 5.41) is 6.52. The molecular formula is C13H8N2. The van der Waals surface area contributed by atoms with Crippen LogP contribution < -0.4 is 0 Å². The summed E-state index contributed by atoms with van der Waals surface area (Å²) in [6.45, 7) is 0. The summed E-state index contributed by atoms with van der Waals surface area (Å²) in [7, 11) is 0. The fourth-order valence-corrected chi connectivity index (χ4v) is 1.72. The third-order valence-electron chi connectivity index (χ3n) is 2.40. The van der Waals surface area contributed by atoms with E-state index in [0.717, 1.165) is 5.69 Å². The van der Waals surface area contributed by atoms with Gasteiger partial charge in [0.2, 0.25) is 0 Å². The van der Waals surface area contributed by atoms with Gasteiger partial charge in [0, 0.05) is 11.5 Å². The zero-order valence-corrected chi connectivity index (χ0v) is 8.01. The molecule has 2 radical (unpaired) electrons. The van der Waals surface area contributed by atoms with Crippen LogP contribution in [0, 0.1) is 12.3 Å². The van der Waals surface area contributed by atoms with Crippen LogP contribution in [-0.2, 0) is 0 Å². The van der Waals surface area contributed by atoms with E-state index in [-0.39, 0.29) is 0 Å². The number of hydrogen-bond acceptors (Lipinski definition) is 1. The van der Waals surface area contributed by atoms with Gasteiger partial charge < -0.3 is 0 Å². The zero-order valence-electron chi connectivity index (χ0n) is 8.01. The van der Waals surface area contributed by atoms with Crippen molar-refractivity contribution in [2.45, 2.75) is 0 Å². The number of hydrogen-bond donors (Lipinski definition) is 0. The summed E-state index contributed by atoms with van der Waals surface area (Å²) in [6, 6.07) is 17.2. The number of aromatic nitrogens is 2. The Kier molecular flexibility index (Phi) is 1.78. The van der Waals surface area contributed by atoms with E-state index in [2.05, 4.69) is 35.6 Å². The van der Waals surface area contributed by atoms with Gasteiger partial charge in [0.1, 0.15) is 6.20 Å². The molecule has 0 saturated carbocycles. The van der Waals surface area contributed by atoms with Crippen molar-refractivity contribution in [2.75, 3.05) is 0 Å². The van der Waals surface area contributed by atoms with E-state index in [0.29, 0.717) is 0 Å². The van der Waals surface area contributed by atoms with E-state index in [1.807, 2.05) is 24.3 Å². The SMILES string of the molecule is [c]1[c]n(-c2cccc3ccccc23)nc1. The lowest BCUT2D eigenvalue weighted by Gasteiger charge is -2.05. The van der Waals surface area contributed by atoms with Crippen LogP contribution in [0.5, 0.6) is 0 Å². The van der Waals surface area contributed by atoms with Crippen LogP contribution in [-0.4, -0.2) is 9.78 Å². The Morgan fingerprint density at radius 3 is 2.73 bits per heavy atom. The van der Waals surface area contributed by atoms with Crippen LogP contribution in [0.2, 0.25) is 0 Å². The second kappa shape index (κ2) is 3.24. The fraction of sp³-hybridized carbons (Fsp3) is 0. The van der Waals surface area contributed by atoms with Gasteiger partial charge in [0.15, 0.2) is 0 Å². The van der Waals surface area contributed by atoms with Crippen LogP contribution >= 0.6 is 0 Å². The Morgan fingerprint density at radius 2 is 1.87 bits per heavy atom. The molecule has 0 spiro atoms. The summed E-state index contributed by atoms with van der Waals surface area (Å²) in [4.78, 5) is 0. The van der Waals surface area contributed by atoms with E-state index >= 15 is 0 Å². The standard InChI is InChI=1S/C13H8N2/c1-2-7-12-11(5-1)6-3-8-13(12)15-10-4-9-14-15/h1-3,5-9H. The number of fused-ring (bicyclic) bond motifs is 1. The molecule has 2 aromatic carbocycles. The quantitative estimate of drug-likeness (QED) is 0.579. The van der Waals surface area contributed by atoms with Crippen molar-refractivity contribution in [1.82, 2.24) is 9.78 Å². The third kappa shape index (κ3) is 1.31. The lowest BCUT2D eigenvalue weighted by molar-refractivity contribution is 0.881. The molecule has 1 heterocycles. The average molecular weight is 192 g/mol. The number of rotatable bonds is 1. The third-order valence-corrected chi connectivity index (χ3v) is 2.40. The summed E-state index contributed by atoms with van der Waals surface area (Å²) < 4.78 is 1.71. The van der Waals surface area contributed by atoms with Crippen molar-refractivity contribution in [3.63, 3.8) is 0 Å². The molecule has 2 nitrogen and oxygen atoms in total. The van der Waals surface area contributed by atoms with Gasteiger partial charge >= 0.3 is 0 Å². The van der Waals surface area contributed by atoms with Gasteiger partial charge in [-0.05, 0) is 11.5 Å². The molecule has 70 valence electrons. The first-order chi connectivity index (χ1) is 7.45. The monoisotopic (exact) mass is 192 g/mol. The number of benzene rings is 2. The highest BCUT2D eigenvalue weighted by Crippen LogP contribution is 2.20. The van der Waals surface area contributed by atoms with Crippen LogP contribution in [0.4, 0.5) is 0 Å². The van der Waals surface area contributed by atoms with Gasteiger partial charge in [-0.1, -0.05) is 36.4 Å². The molecule has 0 aliphatic rings. The highest BCUT2D eigenvalue weighted by atomic mass is 15.3. The second-order valence-corrected chi connectivity index (χ2v) is 3.31. The molecule has 1 aromatic heterocycles. The van der Waals surface area contributed by atoms with Crippen LogP contribution in [0.15, 0.2) is 48.7 Å². The normalized spacial score (nSPS) is 10.7. The Balaban J connectivity index is 2.36. The minimum absolute atomic E-state index is 1.04. The molecule has 0 aliphatic heterocycles. The predicted octanol–water partition coefficient (Wildman–Crippen LogP) is 2.63. The average Bonchev–Trinajstić information content (AvgIpc) is 2.82. The van der Waals surface area contributed by atoms with E-state index in [1.165, 1.54) is 10.8 Å². The molecule has 0 saturated heterocycles. The van der Waals surface area contributed by atoms with Crippen molar-refractivity contribution in [1.29, 1.82) is 0 Å². The Labute approximate surface area is 87.8 Å². The summed E-state index contributed by atoms with van der Waals surface area (Å²) in [5.41, 5.74) is 1.04. The Bertz CT molecular complexity index is 577. The maximum Gasteiger partial charge on any atom is 0.101 e. The van der Waals surface area contributed by atoms with Gasteiger partial charge in [0.05, 0.1) is 11.9 Å².